The lowest BCUT2D eigenvalue weighted by atomic mass is 9.97. The van der Waals surface area contributed by atoms with E-state index in [-0.39, 0.29) is 29.2 Å². The Labute approximate surface area is 353 Å². The molecule has 1 heterocycles. The van der Waals surface area contributed by atoms with Crippen LogP contribution in [0.4, 0.5) is 4.79 Å². The van der Waals surface area contributed by atoms with Gasteiger partial charge in [-0.1, -0.05) is 138 Å². The molecule has 5 aromatic carbocycles. The average Bonchev–Trinajstić information content (AvgIpc) is 3.57. The van der Waals surface area contributed by atoms with Crippen LogP contribution in [0.3, 0.4) is 0 Å². The summed E-state index contributed by atoms with van der Waals surface area (Å²) in [5, 5.41) is 8.37. The average molecular weight is 859 g/mol. The van der Waals surface area contributed by atoms with Crippen molar-refractivity contribution in [2.45, 2.75) is 40.4 Å². The van der Waals surface area contributed by atoms with Gasteiger partial charge in [0.15, 0.2) is 12.2 Å². The first-order valence-electron chi connectivity index (χ1n) is 18.2. The maximum atomic E-state index is 13.8. The fourth-order valence-corrected chi connectivity index (χ4v) is 6.91. The van der Waals surface area contributed by atoms with Gasteiger partial charge in [0.05, 0.1) is 16.7 Å². The molecule has 1 saturated heterocycles. The van der Waals surface area contributed by atoms with E-state index in [0.717, 1.165) is 22.3 Å². The Kier molecular flexibility index (Phi) is 12.8. The summed E-state index contributed by atoms with van der Waals surface area (Å²) in [6.45, 7) is -0.769. The van der Waals surface area contributed by atoms with Crippen LogP contribution in [0.1, 0.15) is 48.1 Å². The molecule has 0 aromatic heterocycles. The van der Waals surface area contributed by atoms with E-state index in [1.54, 1.807) is 54.6 Å². The molecule has 1 fully saturated rings. The number of esters is 3. The first-order valence-corrected chi connectivity index (χ1v) is 19.3. The molecule has 0 bridgehead atoms. The van der Waals surface area contributed by atoms with E-state index in [9.17, 15) is 19.2 Å². The largest absolute Gasteiger partial charge is 0.508 e. The van der Waals surface area contributed by atoms with E-state index in [0.29, 0.717) is 0 Å². The van der Waals surface area contributed by atoms with Crippen molar-refractivity contribution < 1.29 is 52.3 Å². The van der Waals surface area contributed by atoms with Crippen LogP contribution in [0.5, 0.6) is 0 Å². The zero-order valence-electron chi connectivity index (χ0n) is 30.8. The van der Waals surface area contributed by atoms with E-state index >= 15 is 0 Å². The molecule has 0 spiro atoms. The van der Waals surface area contributed by atoms with Gasteiger partial charge in [-0.25, -0.2) is 19.2 Å². The van der Waals surface area contributed by atoms with Gasteiger partial charge in [0.1, 0.15) is 19.3 Å². The Bertz CT molecular complexity index is 2260. The molecule has 2 aliphatic rings. The Morgan fingerprint density at radius 3 is 1.41 bits per heavy atom. The molecule has 5 aromatic rings. The summed E-state index contributed by atoms with van der Waals surface area (Å²) in [6.07, 6.45) is -9.71. The first-order chi connectivity index (χ1) is 28.5. The van der Waals surface area contributed by atoms with Crippen LogP contribution in [0, 0.1) is 5.41 Å². The van der Waals surface area contributed by atoms with Gasteiger partial charge in [0.2, 0.25) is 18.3 Å². The predicted molar refractivity (Wildman–Crippen MR) is 216 cm³/mol. The van der Waals surface area contributed by atoms with Gasteiger partial charge in [0, 0.05) is 5.92 Å². The van der Waals surface area contributed by atoms with Crippen molar-refractivity contribution in [2.75, 3.05) is 13.2 Å². The quantitative estimate of drug-likeness (QED) is 0.0446. The van der Waals surface area contributed by atoms with Crippen LogP contribution < -0.4 is 0 Å². The second-order valence-electron chi connectivity index (χ2n) is 13.3. The first kappa shape index (κ1) is 41.2. The topological polar surface area (TPSA) is 157 Å². The Hall–Kier alpha value is -5.92. The molecule has 12 nitrogen and oxygen atoms in total. The molecular formula is C44H34Cl3NO11. The number of benzene rings is 5. The van der Waals surface area contributed by atoms with E-state index in [4.69, 9.17) is 73.4 Å². The Balaban J connectivity index is 1.21. The number of hydrogen-bond acceptors (Lipinski definition) is 12. The van der Waals surface area contributed by atoms with E-state index in [2.05, 4.69) is 0 Å². The van der Waals surface area contributed by atoms with Crippen LogP contribution in [-0.4, -0.2) is 77.7 Å². The van der Waals surface area contributed by atoms with Crippen LogP contribution in [0.25, 0.3) is 11.1 Å². The predicted octanol–water partition coefficient (Wildman–Crippen LogP) is 8.72. The fraction of sp³-hybridized carbons (Fsp3) is 0.205. The lowest BCUT2D eigenvalue weighted by molar-refractivity contribution is -0.280. The van der Waals surface area contributed by atoms with Gasteiger partial charge < -0.3 is 33.2 Å². The zero-order valence-corrected chi connectivity index (χ0v) is 33.0. The van der Waals surface area contributed by atoms with Gasteiger partial charge in [-0.3, -0.25) is 5.41 Å². The Morgan fingerprint density at radius 2 is 0.932 bits per heavy atom. The standard InChI is InChI=1S/C44H34Cl3NO11/c45-44(46,47)42(48)59-41-37(58-40(51)28-18-8-3-9-19-28)36(57-39(50)27-16-6-2-7-17-27)35(56-38(49)26-14-4-1-5-15-26)34(55-41)25-54-43(52)53-24-33-31-22-12-10-20-29(31)30-21-11-13-23-32(30)33/h1-23,33-37,41,48H,24-25H2/t34?,35-,36?,37?,41+/m1/s1. The number of nitrogens with one attached hydrogen (secondary N) is 1. The molecule has 1 aliphatic carbocycles. The highest BCUT2D eigenvalue weighted by Gasteiger charge is 2.55. The minimum Gasteiger partial charge on any atom is -0.452 e. The SMILES string of the molecule is N=C(O[C@@H]1OC(COC(=O)OCC2c3ccccc3-c3ccccc32)[C@@H](OC(=O)c2ccccc2)C(OC(=O)c2ccccc2)C1OC(=O)c1ccccc1)C(Cl)(Cl)Cl. The number of alkyl halides is 3. The Morgan fingerprint density at radius 1 is 0.525 bits per heavy atom. The summed E-state index contributed by atoms with van der Waals surface area (Å²) in [4.78, 5) is 54.4. The highest BCUT2D eigenvalue weighted by atomic mass is 35.6. The van der Waals surface area contributed by atoms with Gasteiger partial charge >= 0.3 is 24.1 Å². The molecule has 0 amide bonds. The summed E-state index contributed by atoms with van der Waals surface area (Å²) in [6, 6.07) is 39.1. The molecule has 0 saturated carbocycles. The van der Waals surface area contributed by atoms with Gasteiger partial charge in [-0.2, -0.15) is 0 Å². The third-order valence-corrected chi connectivity index (χ3v) is 10.1. The smallest absolute Gasteiger partial charge is 0.452 e. The van der Waals surface area contributed by atoms with Crippen LogP contribution >= 0.6 is 34.8 Å². The number of carbonyl (C=O) groups is 4. The molecule has 5 atom stereocenters. The molecule has 1 N–H and O–H groups in total. The summed E-state index contributed by atoms with van der Waals surface area (Å²) in [5.74, 6) is -4.00. The van der Waals surface area contributed by atoms with Crippen molar-refractivity contribution in [3.05, 3.63) is 167 Å². The molecule has 15 heteroatoms. The lowest BCUT2D eigenvalue weighted by Gasteiger charge is -2.44. The van der Waals surface area contributed by atoms with Crippen LogP contribution in [0.15, 0.2) is 140 Å². The summed E-state index contributed by atoms with van der Waals surface area (Å²) < 4.78 is 38.5. The highest BCUT2D eigenvalue weighted by molar-refractivity contribution is 6.76. The summed E-state index contributed by atoms with van der Waals surface area (Å²) in [5.41, 5.74) is 4.25. The third-order valence-electron chi connectivity index (χ3n) is 9.54. The number of rotatable bonds is 11. The van der Waals surface area contributed by atoms with E-state index < -0.39 is 71.1 Å². The van der Waals surface area contributed by atoms with Crippen molar-refractivity contribution in [1.29, 1.82) is 5.41 Å². The minimum absolute atomic E-state index is 0.0776. The lowest BCUT2D eigenvalue weighted by Crippen LogP contribution is -2.63. The number of carbonyl (C=O) groups excluding carboxylic acids is 4. The molecule has 0 radical (unpaired) electrons. The molecule has 3 unspecified atom stereocenters. The van der Waals surface area contributed by atoms with Crippen molar-refractivity contribution in [3.63, 3.8) is 0 Å². The van der Waals surface area contributed by atoms with Crippen molar-refractivity contribution >= 4 is 64.8 Å². The second-order valence-corrected chi connectivity index (χ2v) is 15.6. The van der Waals surface area contributed by atoms with Gasteiger partial charge in [0.25, 0.3) is 3.79 Å². The van der Waals surface area contributed by atoms with Crippen molar-refractivity contribution in [3.8, 4) is 11.1 Å². The van der Waals surface area contributed by atoms with E-state index in [1.807, 2.05) is 48.5 Å². The monoisotopic (exact) mass is 857 g/mol. The molecule has 302 valence electrons. The van der Waals surface area contributed by atoms with Crippen LogP contribution in [-0.2, 0) is 33.2 Å². The number of ether oxygens (including phenoxy) is 7. The van der Waals surface area contributed by atoms with Crippen molar-refractivity contribution in [2.24, 2.45) is 0 Å². The molecule has 1 aliphatic heterocycles. The summed E-state index contributed by atoms with van der Waals surface area (Å²) >= 11 is 18.0. The van der Waals surface area contributed by atoms with Gasteiger partial charge in [-0.05, 0) is 58.7 Å². The number of hydrogen-bond donors (Lipinski definition) is 1. The maximum absolute atomic E-state index is 13.8. The fourth-order valence-electron chi connectivity index (χ4n) is 6.77. The molecular weight excluding hydrogens is 825 g/mol. The normalized spacial score (nSPS) is 19.6. The molecule has 7 rings (SSSR count). The number of fused-ring (bicyclic) bond motifs is 3. The van der Waals surface area contributed by atoms with Gasteiger partial charge in [-0.15, -0.1) is 0 Å². The van der Waals surface area contributed by atoms with Crippen molar-refractivity contribution in [1.82, 2.24) is 0 Å². The zero-order chi connectivity index (χ0) is 41.5. The van der Waals surface area contributed by atoms with Crippen LogP contribution in [0.2, 0.25) is 0 Å². The molecule has 59 heavy (non-hydrogen) atoms. The maximum Gasteiger partial charge on any atom is 0.508 e. The minimum atomic E-state index is -2.43. The second kappa shape index (κ2) is 18.3. The third kappa shape index (κ3) is 9.69. The number of halogens is 3. The van der Waals surface area contributed by atoms with E-state index in [1.165, 1.54) is 36.4 Å². The highest BCUT2D eigenvalue weighted by Crippen LogP contribution is 2.44. The summed E-state index contributed by atoms with van der Waals surface area (Å²) in [7, 11) is 0.